The summed E-state index contributed by atoms with van der Waals surface area (Å²) in [6.45, 7) is 0. The standard InChI is InChI=1S/C14H11F3N2O2/c1-21-10-4-2-3-7(15)11(10)14(20)19-13-9(18)6-5-8(16)12(13)17/h2-6H,18H2,1H3,(H,19,20). The van der Waals surface area contributed by atoms with Crippen molar-refractivity contribution >= 4 is 17.3 Å². The van der Waals surface area contributed by atoms with Gasteiger partial charge < -0.3 is 15.8 Å². The van der Waals surface area contributed by atoms with Gasteiger partial charge >= 0.3 is 0 Å². The summed E-state index contributed by atoms with van der Waals surface area (Å²) in [6, 6.07) is 5.67. The van der Waals surface area contributed by atoms with E-state index in [1.165, 1.54) is 19.2 Å². The fourth-order valence-corrected chi connectivity index (χ4v) is 1.76. The van der Waals surface area contributed by atoms with Crippen molar-refractivity contribution in [2.24, 2.45) is 0 Å². The Kier molecular flexibility index (Phi) is 4.02. The van der Waals surface area contributed by atoms with Crippen LogP contribution in [0.4, 0.5) is 24.5 Å². The SMILES string of the molecule is COc1cccc(F)c1C(=O)Nc1c(N)ccc(F)c1F. The van der Waals surface area contributed by atoms with Crippen LogP contribution < -0.4 is 15.8 Å². The van der Waals surface area contributed by atoms with Gasteiger partial charge in [0, 0.05) is 0 Å². The van der Waals surface area contributed by atoms with Crippen molar-refractivity contribution in [3.05, 3.63) is 53.3 Å². The summed E-state index contributed by atoms with van der Waals surface area (Å²) in [7, 11) is 1.25. The minimum atomic E-state index is -1.32. The number of nitrogens with two attached hydrogens (primary N) is 1. The molecule has 0 unspecified atom stereocenters. The zero-order valence-corrected chi connectivity index (χ0v) is 10.9. The second-order valence-corrected chi connectivity index (χ2v) is 4.10. The van der Waals surface area contributed by atoms with Crippen LogP contribution in [-0.2, 0) is 0 Å². The summed E-state index contributed by atoms with van der Waals surface area (Å²) in [6.07, 6.45) is 0. The number of ether oxygens (including phenoxy) is 1. The molecule has 0 atom stereocenters. The van der Waals surface area contributed by atoms with Crippen LogP contribution in [0.2, 0.25) is 0 Å². The van der Waals surface area contributed by atoms with E-state index in [1.807, 2.05) is 0 Å². The first-order valence-electron chi connectivity index (χ1n) is 5.83. The molecule has 4 nitrogen and oxygen atoms in total. The molecule has 110 valence electrons. The molecule has 0 saturated carbocycles. The smallest absolute Gasteiger partial charge is 0.262 e. The fraction of sp³-hybridized carbons (Fsp3) is 0.0714. The molecule has 0 aromatic heterocycles. The van der Waals surface area contributed by atoms with E-state index >= 15 is 0 Å². The Morgan fingerprint density at radius 1 is 1.14 bits per heavy atom. The molecule has 2 rings (SSSR count). The van der Waals surface area contributed by atoms with Gasteiger partial charge in [-0.1, -0.05) is 6.07 Å². The van der Waals surface area contributed by atoms with Crippen molar-refractivity contribution in [2.45, 2.75) is 0 Å². The fourth-order valence-electron chi connectivity index (χ4n) is 1.76. The Balaban J connectivity index is 2.42. The topological polar surface area (TPSA) is 64.3 Å². The normalized spacial score (nSPS) is 10.3. The molecule has 0 radical (unpaired) electrons. The van der Waals surface area contributed by atoms with Gasteiger partial charge in [-0.05, 0) is 24.3 Å². The maximum atomic E-state index is 13.7. The molecule has 0 heterocycles. The van der Waals surface area contributed by atoms with Gasteiger partial charge in [-0.2, -0.15) is 0 Å². The van der Waals surface area contributed by atoms with E-state index in [-0.39, 0.29) is 11.4 Å². The van der Waals surface area contributed by atoms with Crippen LogP contribution in [0, 0.1) is 17.5 Å². The van der Waals surface area contributed by atoms with Gasteiger partial charge in [-0.3, -0.25) is 4.79 Å². The van der Waals surface area contributed by atoms with Crippen LogP contribution in [0.15, 0.2) is 30.3 Å². The number of nitrogen functional groups attached to an aromatic ring is 1. The van der Waals surface area contributed by atoms with Crippen LogP contribution in [0.3, 0.4) is 0 Å². The summed E-state index contributed by atoms with van der Waals surface area (Å²) in [5.41, 5.74) is 4.32. The lowest BCUT2D eigenvalue weighted by Gasteiger charge is -2.12. The first-order chi connectivity index (χ1) is 9.95. The van der Waals surface area contributed by atoms with Crippen LogP contribution in [0.25, 0.3) is 0 Å². The van der Waals surface area contributed by atoms with E-state index in [9.17, 15) is 18.0 Å². The maximum Gasteiger partial charge on any atom is 0.262 e. The number of benzene rings is 2. The summed E-state index contributed by atoms with van der Waals surface area (Å²) < 4.78 is 45.4. The summed E-state index contributed by atoms with van der Waals surface area (Å²) >= 11 is 0. The summed E-state index contributed by atoms with van der Waals surface area (Å²) in [5.74, 6) is -4.40. The van der Waals surface area contributed by atoms with Gasteiger partial charge in [0.05, 0.1) is 12.8 Å². The van der Waals surface area contributed by atoms with Crippen LogP contribution in [-0.4, -0.2) is 13.0 Å². The monoisotopic (exact) mass is 296 g/mol. The number of amides is 1. The van der Waals surface area contributed by atoms with Crippen molar-refractivity contribution in [1.82, 2.24) is 0 Å². The number of carbonyl (C=O) groups is 1. The highest BCUT2D eigenvalue weighted by Crippen LogP contribution is 2.27. The zero-order valence-electron chi connectivity index (χ0n) is 10.9. The van der Waals surface area contributed by atoms with Gasteiger partial charge in [0.15, 0.2) is 11.6 Å². The van der Waals surface area contributed by atoms with Crippen LogP contribution >= 0.6 is 0 Å². The lowest BCUT2D eigenvalue weighted by Crippen LogP contribution is -2.17. The predicted molar refractivity (Wildman–Crippen MR) is 71.7 cm³/mol. The molecule has 0 fully saturated rings. The van der Waals surface area contributed by atoms with E-state index in [0.29, 0.717) is 0 Å². The van der Waals surface area contributed by atoms with Crippen LogP contribution in [0.1, 0.15) is 10.4 Å². The molecule has 2 aromatic rings. The number of hydrogen-bond acceptors (Lipinski definition) is 3. The van der Waals surface area contributed by atoms with E-state index in [1.54, 1.807) is 0 Å². The maximum absolute atomic E-state index is 13.7. The third kappa shape index (κ3) is 2.76. The van der Waals surface area contributed by atoms with E-state index in [2.05, 4.69) is 5.32 Å². The van der Waals surface area contributed by atoms with E-state index < -0.39 is 34.6 Å². The van der Waals surface area contributed by atoms with Gasteiger partial charge in [0.2, 0.25) is 0 Å². The molecule has 21 heavy (non-hydrogen) atoms. The number of carbonyl (C=O) groups excluding carboxylic acids is 1. The van der Waals surface area contributed by atoms with E-state index in [0.717, 1.165) is 18.2 Å². The number of anilines is 2. The number of nitrogens with one attached hydrogen (secondary N) is 1. The van der Waals surface area contributed by atoms with Crippen molar-refractivity contribution < 1.29 is 22.7 Å². The first kappa shape index (κ1) is 14.7. The second kappa shape index (κ2) is 5.74. The largest absolute Gasteiger partial charge is 0.496 e. The molecule has 0 spiro atoms. The molecule has 3 N–H and O–H groups in total. The number of methoxy groups -OCH3 is 1. The van der Waals surface area contributed by atoms with Crippen LogP contribution in [0.5, 0.6) is 5.75 Å². The van der Waals surface area contributed by atoms with E-state index in [4.69, 9.17) is 10.5 Å². The Morgan fingerprint density at radius 2 is 1.86 bits per heavy atom. The third-order valence-corrected chi connectivity index (χ3v) is 2.79. The molecular weight excluding hydrogens is 285 g/mol. The van der Waals surface area contributed by atoms with Gasteiger partial charge in [0.1, 0.15) is 22.8 Å². The molecule has 0 aliphatic heterocycles. The van der Waals surface area contributed by atoms with Crippen molar-refractivity contribution in [3.63, 3.8) is 0 Å². The number of halogens is 3. The Bertz CT molecular complexity index is 705. The van der Waals surface area contributed by atoms with Gasteiger partial charge in [-0.25, -0.2) is 13.2 Å². The lowest BCUT2D eigenvalue weighted by molar-refractivity contribution is 0.101. The molecule has 2 aromatic carbocycles. The average Bonchev–Trinajstić information content (AvgIpc) is 2.47. The number of rotatable bonds is 3. The average molecular weight is 296 g/mol. The third-order valence-electron chi connectivity index (χ3n) is 2.79. The van der Waals surface area contributed by atoms with Crippen molar-refractivity contribution in [3.8, 4) is 5.75 Å². The molecular formula is C14H11F3N2O2. The molecule has 1 amide bonds. The minimum Gasteiger partial charge on any atom is -0.496 e. The molecule has 0 aliphatic rings. The second-order valence-electron chi connectivity index (χ2n) is 4.10. The highest BCUT2D eigenvalue weighted by atomic mass is 19.2. The molecule has 0 bridgehead atoms. The van der Waals surface area contributed by atoms with Gasteiger partial charge in [-0.15, -0.1) is 0 Å². The molecule has 7 heteroatoms. The quantitative estimate of drug-likeness (QED) is 0.856. The Hall–Kier alpha value is -2.70. The van der Waals surface area contributed by atoms with Crippen molar-refractivity contribution in [2.75, 3.05) is 18.2 Å². The molecule has 0 saturated heterocycles. The van der Waals surface area contributed by atoms with Crippen molar-refractivity contribution in [1.29, 1.82) is 0 Å². The highest BCUT2D eigenvalue weighted by Gasteiger charge is 2.21. The molecule has 0 aliphatic carbocycles. The first-order valence-corrected chi connectivity index (χ1v) is 5.83. The number of hydrogen-bond donors (Lipinski definition) is 2. The summed E-state index contributed by atoms with van der Waals surface area (Å²) in [4.78, 5) is 12.1. The zero-order chi connectivity index (χ0) is 15.6. The van der Waals surface area contributed by atoms with Gasteiger partial charge in [0.25, 0.3) is 5.91 Å². The minimum absolute atomic E-state index is 0.0390. The highest BCUT2D eigenvalue weighted by molar-refractivity contribution is 6.07. The predicted octanol–water partition coefficient (Wildman–Crippen LogP) is 2.95. The Morgan fingerprint density at radius 3 is 2.52 bits per heavy atom. The summed E-state index contributed by atoms with van der Waals surface area (Å²) in [5, 5.41) is 2.05. The Labute approximate surface area is 118 Å². The lowest BCUT2D eigenvalue weighted by atomic mass is 10.1.